The highest BCUT2D eigenvalue weighted by molar-refractivity contribution is 5.85. The summed E-state index contributed by atoms with van der Waals surface area (Å²) in [6.07, 6.45) is 6.23. The van der Waals surface area contributed by atoms with Crippen LogP contribution in [0.2, 0.25) is 0 Å². The Bertz CT molecular complexity index is 353. The summed E-state index contributed by atoms with van der Waals surface area (Å²) in [6.45, 7) is 2.90. The molecule has 0 aromatic carbocycles. The van der Waals surface area contributed by atoms with Gasteiger partial charge in [0.1, 0.15) is 0 Å². The number of carbonyl (C=O) groups excluding carboxylic acids is 2. The zero-order valence-electron chi connectivity index (χ0n) is 13.1. The van der Waals surface area contributed by atoms with Crippen molar-refractivity contribution >= 4 is 24.2 Å². The number of halogens is 1. The summed E-state index contributed by atoms with van der Waals surface area (Å²) < 4.78 is 0. The number of rotatable bonds is 6. The molecule has 2 heterocycles. The molecule has 0 radical (unpaired) electrons. The number of amides is 2. The molecule has 0 aliphatic carbocycles. The molecule has 2 rings (SSSR count). The molecule has 122 valence electrons. The topological polar surface area (TPSA) is 61.4 Å². The zero-order chi connectivity index (χ0) is 14.5. The smallest absolute Gasteiger partial charge is 0.239 e. The van der Waals surface area contributed by atoms with Crippen molar-refractivity contribution in [2.24, 2.45) is 5.92 Å². The van der Waals surface area contributed by atoms with Crippen molar-refractivity contribution in [2.45, 2.75) is 57.5 Å². The lowest BCUT2D eigenvalue weighted by molar-refractivity contribution is -0.137. The lowest BCUT2D eigenvalue weighted by Crippen LogP contribution is -2.43. The van der Waals surface area contributed by atoms with E-state index in [0.717, 1.165) is 19.3 Å². The fourth-order valence-corrected chi connectivity index (χ4v) is 3.53. The second kappa shape index (κ2) is 8.59. The Hall–Kier alpha value is -0.810. The number of hydrogen-bond acceptors (Lipinski definition) is 3. The molecule has 5 nitrogen and oxygen atoms in total. The zero-order valence-corrected chi connectivity index (χ0v) is 13.9. The van der Waals surface area contributed by atoms with Gasteiger partial charge in [0, 0.05) is 32.1 Å². The van der Waals surface area contributed by atoms with Crippen molar-refractivity contribution < 1.29 is 9.59 Å². The third kappa shape index (κ3) is 5.15. The average molecular weight is 318 g/mol. The van der Waals surface area contributed by atoms with Gasteiger partial charge in [0.2, 0.25) is 11.8 Å². The number of nitrogens with zero attached hydrogens (tertiary/aromatic N) is 1. The Morgan fingerprint density at radius 3 is 2.38 bits per heavy atom. The Balaban J connectivity index is 0.00000220. The van der Waals surface area contributed by atoms with Gasteiger partial charge < -0.3 is 15.5 Å². The molecule has 0 spiro atoms. The standard InChI is InChI=1S/C15H27N3O2.ClH/c1-3-6-18(10-14(19)16-2)15(20)9-11-7-12-4-5-13(8-11)17-12;/h11-13,17H,3-10H2,1-2H3,(H,16,19);1H. The summed E-state index contributed by atoms with van der Waals surface area (Å²) in [6, 6.07) is 1.23. The SMILES string of the molecule is CCCN(CC(=O)NC)C(=O)CC1CC2CCC(C1)N2.Cl. The van der Waals surface area contributed by atoms with Crippen molar-refractivity contribution in [1.29, 1.82) is 0 Å². The molecule has 2 amide bonds. The van der Waals surface area contributed by atoms with Gasteiger partial charge in [-0.05, 0) is 38.0 Å². The van der Waals surface area contributed by atoms with Gasteiger partial charge in [0.05, 0.1) is 6.54 Å². The van der Waals surface area contributed by atoms with Crippen LogP contribution in [0.3, 0.4) is 0 Å². The number of nitrogens with one attached hydrogen (secondary N) is 2. The van der Waals surface area contributed by atoms with E-state index in [1.165, 1.54) is 12.8 Å². The van der Waals surface area contributed by atoms with Crippen LogP contribution in [-0.2, 0) is 9.59 Å². The predicted octanol–water partition coefficient (Wildman–Crippen LogP) is 1.31. The Kier molecular flexibility index (Phi) is 7.46. The quantitative estimate of drug-likeness (QED) is 0.776. The van der Waals surface area contributed by atoms with Crippen LogP contribution in [0.25, 0.3) is 0 Å². The molecule has 6 heteroatoms. The Morgan fingerprint density at radius 1 is 1.24 bits per heavy atom. The highest BCUT2D eigenvalue weighted by Crippen LogP contribution is 2.32. The minimum absolute atomic E-state index is 0. The molecule has 2 saturated heterocycles. The maximum absolute atomic E-state index is 12.4. The van der Waals surface area contributed by atoms with E-state index < -0.39 is 0 Å². The number of hydrogen-bond donors (Lipinski definition) is 2. The fraction of sp³-hybridized carbons (Fsp3) is 0.867. The minimum atomic E-state index is -0.0859. The molecule has 2 atom stereocenters. The van der Waals surface area contributed by atoms with Gasteiger partial charge in [0.15, 0.2) is 0 Å². The molecular weight excluding hydrogens is 290 g/mol. The van der Waals surface area contributed by atoms with Crippen LogP contribution < -0.4 is 10.6 Å². The maximum Gasteiger partial charge on any atom is 0.239 e. The van der Waals surface area contributed by atoms with E-state index in [4.69, 9.17) is 0 Å². The predicted molar refractivity (Wildman–Crippen MR) is 85.5 cm³/mol. The largest absolute Gasteiger partial charge is 0.358 e. The minimum Gasteiger partial charge on any atom is -0.358 e. The molecule has 21 heavy (non-hydrogen) atoms. The highest BCUT2D eigenvalue weighted by Gasteiger charge is 2.34. The lowest BCUT2D eigenvalue weighted by Gasteiger charge is -2.30. The molecule has 0 saturated carbocycles. The molecule has 0 aromatic rings. The van der Waals surface area contributed by atoms with Crippen molar-refractivity contribution in [3.8, 4) is 0 Å². The third-order valence-corrected chi connectivity index (χ3v) is 4.49. The van der Waals surface area contributed by atoms with Gasteiger partial charge in [0.25, 0.3) is 0 Å². The molecular formula is C15H28ClN3O2. The van der Waals surface area contributed by atoms with Gasteiger partial charge in [-0.25, -0.2) is 0 Å². The number of fused-ring (bicyclic) bond motifs is 2. The molecule has 2 fully saturated rings. The monoisotopic (exact) mass is 317 g/mol. The van der Waals surface area contributed by atoms with E-state index in [1.54, 1.807) is 11.9 Å². The van der Waals surface area contributed by atoms with Gasteiger partial charge in [-0.15, -0.1) is 12.4 Å². The first-order chi connectivity index (χ1) is 9.62. The normalized spacial score (nSPS) is 26.9. The van der Waals surface area contributed by atoms with E-state index >= 15 is 0 Å². The van der Waals surface area contributed by atoms with Crippen LogP contribution in [0.1, 0.15) is 45.4 Å². The molecule has 2 aliphatic rings. The second-order valence-corrected chi connectivity index (χ2v) is 6.17. The van der Waals surface area contributed by atoms with Crippen LogP contribution in [0.4, 0.5) is 0 Å². The van der Waals surface area contributed by atoms with Crippen LogP contribution in [0.5, 0.6) is 0 Å². The molecule has 2 bridgehead atoms. The van der Waals surface area contributed by atoms with E-state index in [2.05, 4.69) is 10.6 Å². The van der Waals surface area contributed by atoms with E-state index in [-0.39, 0.29) is 30.8 Å². The highest BCUT2D eigenvalue weighted by atomic mass is 35.5. The number of piperidine rings is 1. The summed E-state index contributed by atoms with van der Waals surface area (Å²) in [5.41, 5.74) is 0. The van der Waals surface area contributed by atoms with E-state index in [1.807, 2.05) is 6.92 Å². The van der Waals surface area contributed by atoms with Crippen molar-refractivity contribution in [3.63, 3.8) is 0 Å². The second-order valence-electron chi connectivity index (χ2n) is 6.17. The lowest BCUT2D eigenvalue weighted by atomic mass is 9.89. The van der Waals surface area contributed by atoms with Crippen LogP contribution in [0.15, 0.2) is 0 Å². The first-order valence-corrected chi connectivity index (χ1v) is 7.86. The van der Waals surface area contributed by atoms with Crippen LogP contribution in [-0.4, -0.2) is 48.9 Å². The Morgan fingerprint density at radius 2 is 1.86 bits per heavy atom. The van der Waals surface area contributed by atoms with Crippen molar-refractivity contribution in [3.05, 3.63) is 0 Å². The van der Waals surface area contributed by atoms with Crippen molar-refractivity contribution in [1.82, 2.24) is 15.5 Å². The van der Waals surface area contributed by atoms with Gasteiger partial charge in [-0.3, -0.25) is 9.59 Å². The summed E-state index contributed by atoms with van der Waals surface area (Å²) in [5.74, 6) is 0.546. The summed E-state index contributed by atoms with van der Waals surface area (Å²) in [7, 11) is 1.61. The molecule has 2 aliphatic heterocycles. The van der Waals surface area contributed by atoms with Gasteiger partial charge >= 0.3 is 0 Å². The first-order valence-electron chi connectivity index (χ1n) is 7.86. The van der Waals surface area contributed by atoms with E-state index in [9.17, 15) is 9.59 Å². The van der Waals surface area contributed by atoms with Crippen LogP contribution in [0, 0.1) is 5.92 Å². The van der Waals surface area contributed by atoms with Crippen LogP contribution >= 0.6 is 12.4 Å². The average Bonchev–Trinajstić information content (AvgIpc) is 2.77. The van der Waals surface area contributed by atoms with Gasteiger partial charge in [-0.2, -0.15) is 0 Å². The molecule has 2 unspecified atom stereocenters. The summed E-state index contributed by atoms with van der Waals surface area (Å²) in [4.78, 5) is 25.6. The Labute approximate surface area is 133 Å². The number of carbonyl (C=O) groups is 2. The summed E-state index contributed by atoms with van der Waals surface area (Å²) in [5, 5.41) is 6.19. The number of likely N-dealkylation sites (N-methyl/N-ethyl adjacent to an activating group) is 1. The van der Waals surface area contributed by atoms with Gasteiger partial charge in [-0.1, -0.05) is 6.92 Å². The van der Waals surface area contributed by atoms with Crippen molar-refractivity contribution in [2.75, 3.05) is 20.1 Å². The third-order valence-electron chi connectivity index (χ3n) is 4.49. The first kappa shape index (κ1) is 18.2. The molecule has 2 N–H and O–H groups in total. The van der Waals surface area contributed by atoms with E-state index in [0.29, 0.717) is 31.0 Å². The molecule has 0 aromatic heterocycles. The fourth-order valence-electron chi connectivity index (χ4n) is 3.53. The summed E-state index contributed by atoms with van der Waals surface area (Å²) >= 11 is 0. The maximum atomic E-state index is 12.4.